The van der Waals surface area contributed by atoms with Crippen molar-refractivity contribution in [2.45, 2.75) is 19.4 Å². The predicted octanol–water partition coefficient (Wildman–Crippen LogP) is 3.98. The van der Waals surface area contributed by atoms with Crippen LogP contribution in [-0.2, 0) is 17.8 Å². The van der Waals surface area contributed by atoms with Crippen LogP contribution in [0.4, 0.5) is 0 Å². The van der Waals surface area contributed by atoms with Gasteiger partial charge < -0.3 is 9.32 Å². The second-order valence-corrected chi connectivity index (χ2v) is 6.12. The molecule has 0 aliphatic rings. The average molecular weight is 356 g/mol. The molecule has 1 heterocycles. The lowest BCUT2D eigenvalue weighted by molar-refractivity contribution is -0.130. The number of carbonyl (C=O) groups is 1. The van der Waals surface area contributed by atoms with Crippen LogP contribution in [-0.4, -0.2) is 28.1 Å². The molecule has 25 heavy (non-hydrogen) atoms. The van der Waals surface area contributed by atoms with E-state index in [1.807, 2.05) is 54.6 Å². The Bertz CT molecular complexity index is 849. The summed E-state index contributed by atoms with van der Waals surface area (Å²) in [4.78, 5) is 14.0. The van der Waals surface area contributed by atoms with E-state index < -0.39 is 0 Å². The van der Waals surface area contributed by atoms with Crippen molar-refractivity contribution in [2.75, 3.05) is 7.05 Å². The molecule has 3 rings (SSSR count). The minimum absolute atomic E-state index is 0.000573. The van der Waals surface area contributed by atoms with Gasteiger partial charge in [-0.25, -0.2) is 0 Å². The van der Waals surface area contributed by atoms with Gasteiger partial charge in [-0.1, -0.05) is 48.0 Å². The lowest BCUT2D eigenvalue weighted by Gasteiger charge is -2.17. The van der Waals surface area contributed by atoms with Gasteiger partial charge in [0.15, 0.2) is 0 Å². The lowest BCUT2D eigenvalue weighted by Crippen LogP contribution is -2.26. The Kier molecular flexibility index (Phi) is 5.46. The zero-order chi connectivity index (χ0) is 17.6. The Morgan fingerprint density at radius 2 is 1.80 bits per heavy atom. The van der Waals surface area contributed by atoms with Gasteiger partial charge in [0.05, 0.1) is 0 Å². The number of aryl methyl sites for hydroxylation is 1. The molecule has 0 saturated heterocycles. The van der Waals surface area contributed by atoms with Crippen molar-refractivity contribution in [2.24, 2.45) is 0 Å². The van der Waals surface area contributed by atoms with E-state index in [0.29, 0.717) is 36.2 Å². The fraction of sp³-hybridized carbons (Fsp3) is 0.211. The normalized spacial score (nSPS) is 10.6. The van der Waals surface area contributed by atoms with E-state index in [9.17, 15) is 4.79 Å². The van der Waals surface area contributed by atoms with Crippen molar-refractivity contribution in [3.63, 3.8) is 0 Å². The number of rotatable bonds is 6. The highest BCUT2D eigenvalue weighted by atomic mass is 35.5. The van der Waals surface area contributed by atoms with E-state index in [1.165, 1.54) is 0 Å². The van der Waals surface area contributed by atoms with Gasteiger partial charge in [-0.3, -0.25) is 4.79 Å². The molecule has 6 heteroatoms. The number of halogens is 1. The Morgan fingerprint density at radius 1 is 1.08 bits per heavy atom. The summed E-state index contributed by atoms with van der Waals surface area (Å²) in [6.07, 6.45) is 0.711. The van der Waals surface area contributed by atoms with Gasteiger partial charge in [0.25, 0.3) is 0 Å². The van der Waals surface area contributed by atoms with E-state index >= 15 is 0 Å². The quantitative estimate of drug-likeness (QED) is 0.671. The first kappa shape index (κ1) is 17.2. The maximum Gasteiger partial charge on any atom is 0.247 e. The highest BCUT2D eigenvalue weighted by Gasteiger charge is 2.14. The first-order chi connectivity index (χ1) is 12.1. The molecule has 128 valence electrons. The van der Waals surface area contributed by atoms with Crippen molar-refractivity contribution in [3.05, 3.63) is 71.1 Å². The van der Waals surface area contributed by atoms with Crippen molar-refractivity contribution >= 4 is 17.5 Å². The van der Waals surface area contributed by atoms with Crippen LogP contribution in [0.5, 0.6) is 0 Å². The SMILES string of the molecule is CN(Cc1ccccc1Cl)C(=O)CCc1nnc(-c2ccccc2)o1. The molecule has 0 bridgehead atoms. The van der Waals surface area contributed by atoms with Crippen LogP contribution in [0.3, 0.4) is 0 Å². The number of amides is 1. The molecular weight excluding hydrogens is 338 g/mol. The molecule has 0 aliphatic heterocycles. The second-order valence-electron chi connectivity index (χ2n) is 5.71. The molecule has 0 unspecified atom stereocenters. The molecule has 1 aromatic heterocycles. The largest absolute Gasteiger partial charge is 0.421 e. The lowest BCUT2D eigenvalue weighted by atomic mass is 10.2. The number of carbonyl (C=O) groups excluding carboxylic acids is 1. The van der Waals surface area contributed by atoms with Crippen LogP contribution in [0.15, 0.2) is 59.0 Å². The van der Waals surface area contributed by atoms with E-state index in [4.69, 9.17) is 16.0 Å². The molecule has 1 amide bonds. The minimum Gasteiger partial charge on any atom is -0.421 e. The first-order valence-electron chi connectivity index (χ1n) is 7.98. The molecule has 0 spiro atoms. The van der Waals surface area contributed by atoms with Gasteiger partial charge in [-0.05, 0) is 23.8 Å². The van der Waals surface area contributed by atoms with Gasteiger partial charge in [0, 0.05) is 37.0 Å². The number of hydrogen-bond donors (Lipinski definition) is 0. The molecule has 0 atom stereocenters. The van der Waals surface area contributed by atoms with Gasteiger partial charge in [-0.2, -0.15) is 0 Å². The number of benzene rings is 2. The Balaban J connectivity index is 1.55. The Morgan fingerprint density at radius 3 is 2.56 bits per heavy atom. The third-order valence-corrected chi connectivity index (χ3v) is 4.20. The third kappa shape index (κ3) is 4.45. The highest BCUT2D eigenvalue weighted by Crippen LogP contribution is 2.19. The topological polar surface area (TPSA) is 59.2 Å². The second kappa shape index (κ2) is 7.94. The molecule has 0 aliphatic carbocycles. The van der Waals surface area contributed by atoms with Crippen molar-refractivity contribution in [1.82, 2.24) is 15.1 Å². The monoisotopic (exact) mass is 355 g/mol. The van der Waals surface area contributed by atoms with Crippen LogP contribution < -0.4 is 0 Å². The van der Waals surface area contributed by atoms with Gasteiger partial charge in [0.2, 0.25) is 17.7 Å². The summed E-state index contributed by atoms with van der Waals surface area (Å²) in [6, 6.07) is 17.1. The van der Waals surface area contributed by atoms with Gasteiger partial charge in [-0.15, -0.1) is 10.2 Å². The first-order valence-corrected chi connectivity index (χ1v) is 8.36. The summed E-state index contributed by atoms with van der Waals surface area (Å²) in [5.41, 5.74) is 1.78. The van der Waals surface area contributed by atoms with Crippen LogP contribution in [0, 0.1) is 0 Å². The summed E-state index contributed by atoms with van der Waals surface area (Å²) < 4.78 is 5.62. The minimum atomic E-state index is -0.000573. The third-order valence-electron chi connectivity index (χ3n) is 3.83. The molecular formula is C19H18ClN3O2. The van der Waals surface area contributed by atoms with E-state index in [0.717, 1.165) is 11.1 Å². The summed E-state index contributed by atoms with van der Waals surface area (Å²) in [5.74, 6) is 0.921. The summed E-state index contributed by atoms with van der Waals surface area (Å²) in [5, 5.41) is 8.70. The number of aromatic nitrogens is 2. The number of nitrogens with zero attached hydrogens (tertiary/aromatic N) is 3. The zero-order valence-corrected chi connectivity index (χ0v) is 14.6. The average Bonchev–Trinajstić information content (AvgIpc) is 3.11. The summed E-state index contributed by atoms with van der Waals surface area (Å²) in [7, 11) is 1.76. The van der Waals surface area contributed by atoms with E-state index in [2.05, 4.69) is 10.2 Å². The smallest absolute Gasteiger partial charge is 0.247 e. The molecule has 0 saturated carbocycles. The van der Waals surface area contributed by atoms with E-state index in [-0.39, 0.29) is 5.91 Å². The fourth-order valence-corrected chi connectivity index (χ4v) is 2.62. The van der Waals surface area contributed by atoms with Crippen molar-refractivity contribution < 1.29 is 9.21 Å². The van der Waals surface area contributed by atoms with Crippen molar-refractivity contribution in [3.8, 4) is 11.5 Å². The Labute approximate surface area is 151 Å². The number of hydrogen-bond acceptors (Lipinski definition) is 4. The predicted molar refractivity (Wildman–Crippen MR) is 96.0 cm³/mol. The fourth-order valence-electron chi connectivity index (χ4n) is 2.43. The molecule has 2 aromatic carbocycles. The van der Waals surface area contributed by atoms with Gasteiger partial charge in [0.1, 0.15) is 0 Å². The van der Waals surface area contributed by atoms with Crippen LogP contribution in [0.1, 0.15) is 17.9 Å². The van der Waals surface area contributed by atoms with Gasteiger partial charge >= 0.3 is 0 Å². The molecule has 3 aromatic rings. The summed E-state index contributed by atoms with van der Waals surface area (Å²) in [6.45, 7) is 0.470. The molecule has 0 radical (unpaired) electrons. The maximum atomic E-state index is 12.3. The standard InChI is InChI=1S/C19H18ClN3O2/c1-23(13-15-9-5-6-10-16(15)20)18(24)12-11-17-21-22-19(25-17)14-7-3-2-4-8-14/h2-10H,11-13H2,1H3. The maximum absolute atomic E-state index is 12.3. The van der Waals surface area contributed by atoms with Crippen molar-refractivity contribution in [1.29, 1.82) is 0 Å². The highest BCUT2D eigenvalue weighted by molar-refractivity contribution is 6.31. The molecule has 5 nitrogen and oxygen atoms in total. The van der Waals surface area contributed by atoms with Crippen LogP contribution in [0.2, 0.25) is 5.02 Å². The molecule has 0 fully saturated rings. The van der Waals surface area contributed by atoms with Crippen LogP contribution in [0.25, 0.3) is 11.5 Å². The zero-order valence-electron chi connectivity index (χ0n) is 13.9. The molecule has 0 N–H and O–H groups in total. The Hall–Kier alpha value is -2.66. The summed E-state index contributed by atoms with van der Waals surface area (Å²) >= 11 is 6.14. The van der Waals surface area contributed by atoms with E-state index in [1.54, 1.807) is 11.9 Å². The van der Waals surface area contributed by atoms with Crippen LogP contribution >= 0.6 is 11.6 Å².